The molecule has 0 spiro atoms. The summed E-state index contributed by atoms with van der Waals surface area (Å²) in [6.07, 6.45) is 1.64. The topological polar surface area (TPSA) is 73.2 Å². The second-order valence-electron chi connectivity index (χ2n) is 7.39. The lowest BCUT2D eigenvalue weighted by atomic mass is 10.2. The molecule has 1 aliphatic rings. The van der Waals surface area contributed by atoms with Gasteiger partial charge in [-0.2, -0.15) is 0 Å². The van der Waals surface area contributed by atoms with Crippen LogP contribution in [0.2, 0.25) is 0 Å². The summed E-state index contributed by atoms with van der Waals surface area (Å²) in [5.41, 5.74) is 1.69. The van der Waals surface area contributed by atoms with E-state index in [9.17, 15) is 9.50 Å². The number of nitrogens with zero attached hydrogens (tertiary/aromatic N) is 4. The molecule has 0 unspecified atom stereocenters. The average molecular weight is 563 g/mol. The highest BCUT2D eigenvalue weighted by Gasteiger charge is 2.21. The summed E-state index contributed by atoms with van der Waals surface area (Å²) in [7, 11) is 1.76. The number of guanidine groups is 1. The number of phenolic OH excluding ortho intramolecular Hbond substituents is 1. The van der Waals surface area contributed by atoms with Gasteiger partial charge in [-0.05, 0) is 30.3 Å². The molecular weight excluding hydrogens is 536 g/mol. The third-order valence-corrected chi connectivity index (χ3v) is 5.31. The quantitative estimate of drug-likeness (QED) is 0.275. The number of nitrogens with one attached hydrogen (secondary N) is 1. The van der Waals surface area contributed by atoms with E-state index < -0.39 is 0 Å². The Balaban J connectivity index is 0.00000306. The Morgan fingerprint density at radius 1 is 1.09 bits per heavy atom. The number of aromatic nitrogens is 1. The van der Waals surface area contributed by atoms with Crippen molar-refractivity contribution in [3.05, 3.63) is 78.2 Å². The van der Waals surface area contributed by atoms with Crippen molar-refractivity contribution >= 4 is 35.6 Å². The summed E-state index contributed by atoms with van der Waals surface area (Å²) in [5, 5.41) is 13.5. The summed E-state index contributed by atoms with van der Waals surface area (Å²) in [5.74, 6) is 1.54. The molecule has 2 aromatic carbocycles. The summed E-state index contributed by atoms with van der Waals surface area (Å²) in [4.78, 5) is 13.1. The number of halogens is 2. The molecule has 1 aliphatic heterocycles. The van der Waals surface area contributed by atoms with Crippen LogP contribution in [-0.4, -0.2) is 54.2 Å². The van der Waals surface area contributed by atoms with Gasteiger partial charge in [-0.3, -0.25) is 4.99 Å². The van der Waals surface area contributed by atoms with Crippen LogP contribution >= 0.6 is 24.0 Å². The van der Waals surface area contributed by atoms with E-state index in [1.165, 1.54) is 12.1 Å². The van der Waals surface area contributed by atoms with Crippen molar-refractivity contribution in [3.8, 4) is 17.4 Å². The van der Waals surface area contributed by atoms with Gasteiger partial charge in [0.2, 0.25) is 5.88 Å². The molecule has 174 valence electrons. The van der Waals surface area contributed by atoms with E-state index in [1.807, 2.05) is 30.3 Å². The van der Waals surface area contributed by atoms with E-state index in [1.54, 1.807) is 31.4 Å². The van der Waals surface area contributed by atoms with Crippen LogP contribution in [0, 0.1) is 5.82 Å². The molecule has 1 aromatic heterocycles. The standard InChI is InChI=1S/C24H26FN5O2.HI/c1-26-24(30-14-12-29(13-15-30)21-9-2-3-10-22(21)31)28-17-18-6-5-11-27-23(18)32-20-8-4-7-19(25)16-20;/h2-11,16,31H,12-15,17H2,1H3,(H,26,28);1H. The average Bonchev–Trinajstić information content (AvgIpc) is 2.81. The van der Waals surface area contributed by atoms with E-state index in [0.29, 0.717) is 23.9 Å². The Labute approximate surface area is 209 Å². The van der Waals surface area contributed by atoms with Crippen LogP contribution in [0.3, 0.4) is 0 Å². The molecule has 0 radical (unpaired) electrons. The molecule has 9 heteroatoms. The molecule has 33 heavy (non-hydrogen) atoms. The van der Waals surface area contributed by atoms with Crippen molar-refractivity contribution in [3.63, 3.8) is 0 Å². The van der Waals surface area contributed by atoms with E-state index in [4.69, 9.17) is 4.74 Å². The maximum Gasteiger partial charge on any atom is 0.224 e. The second kappa shape index (κ2) is 11.7. The number of pyridine rings is 1. The Kier molecular flexibility index (Phi) is 8.70. The van der Waals surface area contributed by atoms with Gasteiger partial charge in [-0.15, -0.1) is 24.0 Å². The molecule has 0 saturated carbocycles. The Morgan fingerprint density at radius 2 is 1.88 bits per heavy atom. The largest absolute Gasteiger partial charge is 0.506 e. The zero-order chi connectivity index (χ0) is 22.3. The second-order valence-corrected chi connectivity index (χ2v) is 7.39. The van der Waals surface area contributed by atoms with E-state index in [0.717, 1.165) is 43.4 Å². The zero-order valence-corrected chi connectivity index (χ0v) is 20.6. The fraction of sp³-hybridized carbons (Fsp3) is 0.250. The van der Waals surface area contributed by atoms with Crippen LogP contribution < -0.4 is 15.0 Å². The molecule has 7 nitrogen and oxygen atoms in total. The molecule has 2 heterocycles. The van der Waals surface area contributed by atoms with Crippen LogP contribution in [0.25, 0.3) is 0 Å². The number of hydrogen-bond acceptors (Lipinski definition) is 5. The number of ether oxygens (including phenoxy) is 1. The number of hydrogen-bond donors (Lipinski definition) is 2. The highest BCUT2D eigenvalue weighted by atomic mass is 127. The molecular formula is C24H27FIN5O2. The van der Waals surface area contributed by atoms with Gasteiger partial charge in [0, 0.05) is 57.6 Å². The summed E-state index contributed by atoms with van der Waals surface area (Å²) in [6, 6.07) is 17.1. The van der Waals surface area contributed by atoms with Crippen molar-refractivity contribution in [2.75, 3.05) is 38.1 Å². The predicted octanol–water partition coefficient (Wildman–Crippen LogP) is 4.23. The highest BCUT2D eigenvalue weighted by molar-refractivity contribution is 14.0. The van der Waals surface area contributed by atoms with Crippen LogP contribution in [0.5, 0.6) is 17.4 Å². The highest BCUT2D eigenvalue weighted by Crippen LogP contribution is 2.27. The van der Waals surface area contributed by atoms with Crippen LogP contribution in [0.1, 0.15) is 5.56 Å². The first kappa shape index (κ1) is 24.6. The number of aromatic hydroxyl groups is 1. The minimum absolute atomic E-state index is 0. The summed E-state index contributed by atoms with van der Waals surface area (Å²) in [6.45, 7) is 3.56. The molecule has 0 bridgehead atoms. The number of piperazine rings is 1. The van der Waals surface area contributed by atoms with Crippen molar-refractivity contribution in [2.24, 2.45) is 4.99 Å². The Morgan fingerprint density at radius 3 is 2.61 bits per heavy atom. The lowest BCUT2D eigenvalue weighted by molar-refractivity contribution is 0.369. The van der Waals surface area contributed by atoms with Crippen molar-refractivity contribution in [2.45, 2.75) is 6.54 Å². The number of aliphatic imine (C=N–C) groups is 1. The molecule has 0 amide bonds. The molecule has 2 N–H and O–H groups in total. The SMILES string of the molecule is CN=C(NCc1cccnc1Oc1cccc(F)c1)N1CCN(c2ccccc2O)CC1.I. The Hall–Kier alpha value is -3.08. The molecule has 0 aliphatic carbocycles. The first-order chi connectivity index (χ1) is 15.6. The Bertz CT molecular complexity index is 1090. The maximum absolute atomic E-state index is 13.5. The van der Waals surface area contributed by atoms with Gasteiger partial charge in [-0.25, -0.2) is 9.37 Å². The van der Waals surface area contributed by atoms with E-state index in [2.05, 4.69) is 25.1 Å². The van der Waals surface area contributed by atoms with Gasteiger partial charge >= 0.3 is 0 Å². The normalized spacial score (nSPS) is 13.9. The van der Waals surface area contributed by atoms with Gasteiger partial charge in [0.1, 0.15) is 17.3 Å². The molecule has 4 rings (SSSR count). The van der Waals surface area contributed by atoms with Gasteiger partial charge in [-0.1, -0.05) is 24.3 Å². The minimum atomic E-state index is -0.360. The monoisotopic (exact) mass is 563 g/mol. The third-order valence-electron chi connectivity index (χ3n) is 5.31. The number of phenols is 1. The van der Waals surface area contributed by atoms with Crippen molar-refractivity contribution in [1.82, 2.24) is 15.2 Å². The first-order valence-electron chi connectivity index (χ1n) is 10.5. The lowest BCUT2D eigenvalue weighted by Crippen LogP contribution is -2.52. The van der Waals surface area contributed by atoms with Crippen LogP contribution in [0.4, 0.5) is 10.1 Å². The number of rotatable bonds is 5. The van der Waals surface area contributed by atoms with E-state index in [-0.39, 0.29) is 29.8 Å². The van der Waals surface area contributed by atoms with Gasteiger partial charge in [0.05, 0.1) is 5.69 Å². The fourth-order valence-corrected chi connectivity index (χ4v) is 3.69. The van der Waals surface area contributed by atoms with Gasteiger partial charge in [0.25, 0.3) is 0 Å². The van der Waals surface area contributed by atoms with Crippen LogP contribution in [-0.2, 0) is 6.54 Å². The van der Waals surface area contributed by atoms with Crippen molar-refractivity contribution in [1.29, 1.82) is 0 Å². The maximum atomic E-state index is 13.5. The van der Waals surface area contributed by atoms with Gasteiger partial charge < -0.3 is 25.0 Å². The van der Waals surface area contributed by atoms with Crippen LogP contribution in [0.15, 0.2) is 71.9 Å². The number of para-hydroxylation sites is 2. The third kappa shape index (κ3) is 6.25. The van der Waals surface area contributed by atoms with E-state index >= 15 is 0 Å². The zero-order valence-electron chi connectivity index (χ0n) is 18.3. The number of benzene rings is 2. The summed E-state index contributed by atoms with van der Waals surface area (Å²) < 4.78 is 19.3. The fourth-order valence-electron chi connectivity index (χ4n) is 3.69. The smallest absolute Gasteiger partial charge is 0.224 e. The number of anilines is 1. The minimum Gasteiger partial charge on any atom is -0.506 e. The van der Waals surface area contributed by atoms with Crippen molar-refractivity contribution < 1.29 is 14.2 Å². The first-order valence-corrected chi connectivity index (χ1v) is 10.5. The molecule has 1 fully saturated rings. The molecule has 3 aromatic rings. The molecule has 1 saturated heterocycles. The van der Waals surface area contributed by atoms with Gasteiger partial charge in [0.15, 0.2) is 5.96 Å². The summed E-state index contributed by atoms with van der Waals surface area (Å²) >= 11 is 0. The molecule has 0 atom stereocenters. The lowest BCUT2D eigenvalue weighted by Gasteiger charge is -2.37. The predicted molar refractivity (Wildman–Crippen MR) is 138 cm³/mol.